The molecule has 0 aliphatic carbocycles. The van der Waals surface area contributed by atoms with Gasteiger partial charge in [0.1, 0.15) is 5.75 Å². The summed E-state index contributed by atoms with van der Waals surface area (Å²) >= 11 is 0. The van der Waals surface area contributed by atoms with Gasteiger partial charge in [0.05, 0.1) is 29.9 Å². The van der Waals surface area contributed by atoms with Crippen molar-refractivity contribution in [1.82, 2.24) is 19.4 Å². The van der Waals surface area contributed by atoms with Gasteiger partial charge < -0.3 is 29.7 Å². The van der Waals surface area contributed by atoms with Gasteiger partial charge in [-0.15, -0.1) is 0 Å². The van der Waals surface area contributed by atoms with Gasteiger partial charge in [-0.1, -0.05) is 39.0 Å². The van der Waals surface area contributed by atoms with Gasteiger partial charge in [-0.3, -0.25) is 4.79 Å². The molecule has 206 valence electrons. The molecule has 0 aliphatic heterocycles. The zero-order valence-corrected chi connectivity index (χ0v) is 23.8. The molecule has 1 amide bonds. The summed E-state index contributed by atoms with van der Waals surface area (Å²) in [6.07, 6.45) is 4.21. The summed E-state index contributed by atoms with van der Waals surface area (Å²) in [5.74, 6) is 1.02. The highest BCUT2D eigenvalue weighted by Crippen LogP contribution is 2.38. The molecule has 4 rings (SSSR count). The average Bonchev–Trinajstić information content (AvgIpc) is 3.30. The van der Waals surface area contributed by atoms with Gasteiger partial charge in [0.2, 0.25) is 11.9 Å². The number of anilines is 4. The number of amides is 1. The Hall–Kier alpha value is -4.11. The van der Waals surface area contributed by atoms with E-state index < -0.39 is 0 Å². The predicted octanol–water partition coefficient (Wildman–Crippen LogP) is 5.51. The number of carbonyl (C=O) groups is 1. The van der Waals surface area contributed by atoms with E-state index in [-0.39, 0.29) is 5.91 Å². The Morgan fingerprint density at radius 2 is 1.82 bits per heavy atom. The van der Waals surface area contributed by atoms with E-state index >= 15 is 0 Å². The number of nitrogens with zero attached hydrogens (tertiary/aromatic N) is 5. The molecule has 9 nitrogen and oxygen atoms in total. The van der Waals surface area contributed by atoms with E-state index in [1.54, 1.807) is 13.3 Å². The van der Waals surface area contributed by atoms with Crippen molar-refractivity contribution in [2.24, 2.45) is 7.05 Å². The molecule has 0 fully saturated rings. The van der Waals surface area contributed by atoms with E-state index in [0.29, 0.717) is 29.5 Å². The maximum Gasteiger partial charge on any atom is 0.227 e. The Morgan fingerprint density at radius 3 is 2.54 bits per heavy atom. The van der Waals surface area contributed by atoms with Crippen molar-refractivity contribution in [2.45, 2.75) is 27.2 Å². The maximum absolute atomic E-state index is 12.4. The molecule has 0 saturated heterocycles. The predicted molar refractivity (Wildman–Crippen MR) is 160 cm³/mol. The van der Waals surface area contributed by atoms with Gasteiger partial charge in [-0.05, 0) is 31.3 Å². The average molecular weight is 530 g/mol. The lowest BCUT2D eigenvalue weighted by atomic mass is 10.1. The first-order valence-electron chi connectivity index (χ1n) is 13.5. The molecule has 2 N–H and O–H groups in total. The molecule has 2 aromatic carbocycles. The largest absolute Gasteiger partial charge is 0.494 e. The number of fused-ring (bicyclic) bond motifs is 1. The van der Waals surface area contributed by atoms with Crippen molar-refractivity contribution in [3.8, 4) is 17.0 Å². The zero-order chi connectivity index (χ0) is 27.9. The number of benzene rings is 2. The van der Waals surface area contributed by atoms with Crippen LogP contribution >= 0.6 is 0 Å². The van der Waals surface area contributed by atoms with E-state index in [1.807, 2.05) is 51.4 Å². The lowest BCUT2D eigenvalue weighted by molar-refractivity contribution is -0.115. The van der Waals surface area contributed by atoms with Crippen LogP contribution < -0.4 is 20.3 Å². The van der Waals surface area contributed by atoms with E-state index in [0.717, 1.165) is 54.0 Å². The number of hydrogen-bond acceptors (Lipinski definition) is 7. The number of para-hydroxylation sites is 1. The number of hydrogen-bond donors (Lipinski definition) is 2. The fourth-order valence-corrected chi connectivity index (χ4v) is 4.68. The highest BCUT2D eigenvalue weighted by atomic mass is 16.5. The summed E-state index contributed by atoms with van der Waals surface area (Å²) in [4.78, 5) is 26.2. The molecule has 9 heteroatoms. The van der Waals surface area contributed by atoms with Crippen LogP contribution in [0.5, 0.6) is 5.75 Å². The summed E-state index contributed by atoms with van der Waals surface area (Å²) < 4.78 is 7.87. The van der Waals surface area contributed by atoms with Crippen LogP contribution in [0.2, 0.25) is 0 Å². The van der Waals surface area contributed by atoms with Crippen LogP contribution in [0.1, 0.15) is 27.2 Å². The molecular weight excluding hydrogens is 490 g/mol. The summed E-state index contributed by atoms with van der Waals surface area (Å²) in [7, 11) is 5.70. The molecule has 0 spiro atoms. The Balaban J connectivity index is 1.67. The third kappa shape index (κ3) is 6.31. The van der Waals surface area contributed by atoms with E-state index in [4.69, 9.17) is 9.72 Å². The first-order valence-corrected chi connectivity index (χ1v) is 13.5. The topological polar surface area (TPSA) is 87.5 Å². The highest BCUT2D eigenvalue weighted by molar-refractivity contribution is 5.97. The molecule has 0 radical (unpaired) electrons. The summed E-state index contributed by atoms with van der Waals surface area (Å²) in [6.45, 7) is 9.88. The number of aromatic nitrogens is 3. The minimum atomic E-state index is -0.0567. The minimum absolute atomic E-state index is 0.0567. The molecule has 2 heterocycles. The van der Waals surface area contributed by atoms with Gasteiger partial charge in [-0.2, -0.15) is 0 Å². The SMILES string of the molecule is CCC(=O)Nc1cc(Nc2nccc(-c3cn(C)c4ccccc34)n2)c(OC)cc1N(C)CCN(CC)CC. The molecule has 0 atom stereocenters. The van der Waals surface area contributed by atoms with E-state index in [2.05, 4.69) is 62.2 Å². The van der Waals surface area contributed by atoms with Crippen LogP contribution in [0, 0.1) is 0 Å². The summed E-state index contributed by atoms with van der Waals surface area (Å²) in [5, 5.41) is 7.51. The maximum atomic E-state index is 12.4. The molecule has 0 aliphatic rings. The van der Waals surface area contributed by atoms with Crippen LogP contribution in [-0.2, 0) is 11.8 Å². The van der Waals surface area contributed by atoms with Crippen LogP contribution in [0.25, 0.3) is 22.2 Å². The van der Waals surface area contributed by atoms with Gasteiger partial charge in [0.15, 0.2) is 0 Å². The highest BCUT2D eigenvalue weighted by Gasteiger charge is 2.18. The number of methoxy groups -OCH3 is 1. The van der Waals surface area contributed by atoms with Gasteiger partial charge in [-0.25, -0.2) is 9.97 Å². The summed E-state index contributed by atoms with van der Waals surface area (Å²) in [6, 6.07) is 14.0. The van der Waals surface area contributed by atoms with Gasteiger partial charge in [0.25, 0.3) is 0 Å². The number of nitrogens with one attached hydrogen (secondary N) is 2. The van der Waals surface area contributed by atoms with Crippen molar-refractivity contribution in [3.05, 3.63) is 54.9 Å². The second-order valence-corrected chi connectivity index (χ2v) is 9.48. The van der Waals surface area contributed by atoms with Crippen molar-refractivity contribution in [1.29, 1.82) is 0 Å². The third-order valence-corrected chi connectivity index (χ3v) is 7.05. The van der Waals surface area contributed by atoms with Crippen molar-refractivity contribution in [2.75, 3.05) is 55.9 Å². The number of rotatable bonds is 12. The van der Waals surface area contributed by atoms with Crippen molar-refractivity contribution < 1.29 is 9.53 Å². The molecule has 0 unspecified atom stereocenters. The molecule has 2 aromatic heterocycles. The van der Waals surface area contributed by atoms with Crippen LogP contribution in [0.4, 0.5) is 23.0 Å². The molecule has 0 bridgehead atoms. The quantitative estimate of drug-likeness (QED) is 0.250. The van der Waals surface area contributed by atoms with Crippen LogP contribution in [0.15, 0.2) is 54.9 Å². The van der Waals surface area contributed by atoms with Crippen LogP contribution in [-0.4, -0.2) is 65.7 Å². The van der Waals surface area contributed by atoms with Gasteiger partial charge >= 0.3 is 0 Å². The second-order valence-electron chi connectivity index (χ2n) is 9.48. The molecule has 39 heavy (non-hydrogen) atoms. The lowest BCUT2D eigenvalue weighted by Gasteiger charge is -2.27. The first kappa shape index (κ1) is 27.9. The molecule has 0 saturated carbocycles. The van der Waals surface area contributed by atoms with E-state index in [1.165, 1.54) is 0 Å². The summed E-state index contributed by atoms with van der Waals surface area (Å²) in [5.41, 5.74) is 5.25. The van der Waals surface area contributed by atoms with Gasteiger partial charge in [0, 0.05) is 68.5 Å². The Labute approximate surface area is 230 Å². The van der Waals surface area contributed by atoms with Crippen molar-refractivity contribution in [3.63, 3.8) is 0 Å². The van der Waals surface area contributed by atoms with Crippen LogP contribution in [0.3, 0.4) is 0 Å². The Bertz CT molecular complexity index is 1430. The second kappa shape index (κ2) is 12.6. The smallest absolute Gasteiger partial charge is 0.227 e. The number of likely N-dealkylation sites (N-methyl/N-ethyl adjacent to an activating group) is 2. The monoisotopic (exact) mass is 529 g/mol. The zero-order valence-electron chi connectivity index (χ0n) is 23.8. The first-order chi connectivity index (χ1) is 18.9. The fourth-order valence-electron chi connectivity index (χ4n) is 4.68. The van der Waals surface area contributed by atoms with E-state index in [9.17, 15) is 4.79 Å². The molecular formula is C30H39N7O2. The number of carbonyl (C=O) groups excluding carboxylic acids is 1. The Morgan fingerprint density at radius 1 is 1.05 bits per heavy atom. The number of aryl methyl sites for hydroxylation is 1. The minimum Gasteiger partial charge on any atom is -0.494 e. The standard InChI is InChI=1S/C30H39N7O2/c1-7-29(38)32-24-18-25(28(39-6)19-27(24)35(4)16-17-37(8-2)9-3)34-30-31-15-14-23(33-30)22-20-36(5)26-13-11-10-12-21(22)26/h10-15,18-20H,7-9,16-17H2,1-6H3,(H,32,38)(H,31,33,34). The molecule has 4 aromatic rings. The third-order valence-electron chi connectivity index (χ3n) is 7.05. The Kier molecular flexibility index (Phi) is 9.03. The normalized spacial score (nSPS) is 11.2. The fraction of sp³-hybridized carbons (Fsp3) is 0.367. The van der Waals surface area contributed by atoms with Crippen molar-refractivity contribution >= 4 is 39.8 Å². The number of ether oxygens (including phenoxy) is 1. The lowest BCUT2D eigenvalue weighted by Crippen LogP contribution is -2.33.